The van der Waals surface area contributed by atoms with Gasteiger partial charge in [0.05, 0.1) is 24.8 Å². The maximum Gasteiger partial charge on any atom is 0.208 e. The van der Waals surface area contributed by atoms with Crippen molar-refractivity contribution < 1.29 is 0 Å². The van der Waals surface area contributed by atoms with Crippen LogP contribution in [0.1, 0.15) is 12.5 Å². The highest BCUT2D eigenvalue weighted by Gasteiger charge is 2.08. The molecule has 3 aromatic rings. The molecular weight excluding hydrogens is 240 g/mol. The van der Waals surface area contributed by atoms with Crippen LogP contribution in [0, 0.1) is 0 Å². The van der Waals surface area contributed by atoms with Crippen molar-refractivity contribution in [1.29, 1.82) is 0 Å². The Kier molecular flexibility index (Phi) is 3.06. The minimum Gasteiger partial charge on any atom is -0.268 e. The topological polar surface area (TPSA) is 61.4 Å². The van der Waals surface area contributed by atoms with Crippen molar-refractivity contribution in [3.63, 3.8) is 0 Å². The monoisotopic (exact) mass is 254 g/mol. The molecule has 2 heterocycles. The Balaban J connectivity index is 1.79. The third-order valence-corrected chi connectivity index (χ3v) is 2.81. The molecule has 3 rings (SSSR count). The summed E-state index contributed by atoms with van der Waals surface area (Å²) in [6.07, 6.45) is 3.70. The van der Waals surface area contributed by atoms with Crippen LogP contribution in [0.25, 0.3) is 11.4 Å². The summed E-state index contributed by atoms with van der Waals surface area (Å²) in [5, 5.41) is 16.5. The molecule has 0 saturated carbocycles. The van der Waals surface area contributed by atoms with E-state index in [9.17, 15) is 0 Å². The maximum atomic E-state index is 4.32. The SMILES string of the molecule is CCn1nnc(-c2cnn(Cc3ccccc3)c2)n1. The second-order valence-corrected chi connectivity index (χ2v) is 4.21. The molecule has 0 radical (unpaired) electrons. The molecule has 0 fully saturated rings. The number of nitrogens with zero attached hydrogens (tertiary/aromatic N) is 6. The van der Waals surface area contributed by atoms with Crippen LogP contribution >= 0.6 is 0 Å². The van der Waals surface area contributed by atoms with E-state index in [1.165, 1.54) is 5.56 Å². The van der Waals surface area contributed by atoms with E-state index in [4.69, 9.17) is 0 Å². The number of aromatic nitrogens is 6. The van der Waals surface area contributed by atoms with Crippen molar-refractivity contribution in [2.24, 2.45) is 0 Å². The maximum absolute atomic E-state index is 4.32. The summed E-state index contributed by atoms with van der Waals surface area (Å²) in [6, 6.07) is 10.2. The van der Waals surface area contributed by atoms with Crippen LogP contribution in [0.4, 0.5) is 0 Å². The van der Waals surface area contributed by atoms with Gasteiger partial charge < -0.3 is 0 Å². The minimum absolute atomic E-state index is 0.612. The Morgan fingerprint density at radius 1 is 1.16 bits per heavy atom. The number of benzene rings is 1. The van der Waals surface area contributed by atoms with Gasteiger partial charge in [0.15, 0.2) is 0 Å². The summed E-state index contributed by atoms with van der Waals surface area (Å²) in [6.45, 7) is 3.43. The Bertz CT molecular complexity index is 655. The minimum atomic E-state index is 0.612. The third kappa shape index (κ3) is 2.52. The van der Waals surface area contributed by atoms with Crippen LogP contribution in [-0.2, 0) is 13.1 Å². The first-order valence-corrected chi connectivity index (χ1v) is 6.19. The normalized spacial score (nSPS) is 10.8. The van der Waals surface area contributed by atoms with Crippen LogP contribution < -0.4 is 0 Å². The lowest BCUT2D eigenvalue weighted by molar-refractivity contribution is 0.553. The van der Waals surface area contributed by atoms with Gasteiger partial charge in [0, 0.05) is 6.20 Å². The van der Waals surface area contributed by atoms with Gasteiger partial charge in [-0.25, -0.2) is 0 Å². The first-order valence-electron chi connectivity index (χ1n) is 6.19. The van der Waals surface area contributed by atoms with E-state index in [1.54, 1.807) is 11.0 Å². The molecule has 19 heavy (non-hydrogen) atoms. The van der Waals surface area contributed by atoms with Crippen molar-refractivity contribution in [2.75, 3.05) is 0 Å². The highest BCUT2D eigenvalue weighted by Crippen LogP contribution is 2.12. The van der Waals surface area contributed by atoms with Crippen molar-refractivity contribution in [3.8, 4) is 11.4 Å². The van der Waals surface area contributed by atoms with Crippen LogP contribution in [-0.4, -0.2) is 30.0 Å². The van der Waals surface area contributed by atoms with E-state index in [0.29, 0.717) is 12.4 Å². The number of hydrogen-bond acceptors (Lipinski definition) is 4. The zero-order valence-electron chi connectivity index (χ0n) is 10.6. The lowest BCUT2D eigenvalue weighted by Crippen LogP contribution is -1.99. The molecule has 2 aromatic heterocycles. The summed E-state index contributed by atoms with van der Waals surface area (Å²) in [7, 11) is 0. The molecule has 0 atom stereocenters. The number of rotatable bonds is 4. The van der Waals surface area contributed by atoms with Crippen molar-refractivity contribution >= 4 is 0 Å². The second-order valence-electron chi connectivity index (χ2n) is 4.21. The molecule has 0 unspecified atom stereocenters. The Hall–Kier alpha value is -2.50. The van der Waals surface area contributed by atoms with E-state index in [2.05, 4.69) is 32.6 Å². The van der Waals surface area contributed by atoms with Gasteiger partial charge in [0.1, 0.15) is 0 Å². The van der Waals surface area contributed by atoms with Gasteiger partial charge in [-0.15, -0.1) is 10.2 Å². The number of aryl methyl sites for hydroxylation is 1. The molecular formula is C13H14N6. The summed E-state index contributed by atoms with van der Waals surface area (Å²) in [5.41, 5.74) is 2.10. The van der Waals surface area contributed by atoms with Crippen molar-refractivity contribution in [1.82, 2.24) is 30.0 Å². The molecule has 0 bridgehead atoms. The molecule has 0 aliphatic heterocycles. The van der Waals surface area contributed by atoms with E-state index < -0.39 is 0 Å². The highest BCUT2D eigenvalue weighted by molar-refractivity contribution is 5.50. The second kappa shape index (κ2) is 5.01. The molecule has 96 valence electrons. The molecule has 0 N–H and O–H groups in total. The van der Waals surface area contributed by atoms with Gasteiger partial charge >= 0.3 is 0 Å². The summed E-state index contributed by atoms with van der Waals surface area (Å²) in [5.74, 6) is 0.612. The fourth-order valence-corrected chi connectivity index (χ4v) is 1.83. The zero-order valence-corrected chi connectivity index (χ0v) is 10.6. The summed E-state index contributed by atoms with van der Waals surface area (Å²) >= 11 is 0. The van der Waals surface area contributed by atoms with Gasteiger partial charge in [-0.2, -0.15) is 9.90 Å². The third-order valence-electron chi connectivity index (χ3n) is 2.81. The van der Waals surface area contributed by atoms with Crippen molar-refractivity contribution in [3.05, 3.63) is 48.3 Å². The Morgan fingerprint density at radius 3 is 2.74 bits per heavy atom. The van der Waals surface area contributed by atoms with Gasteiger partial charge in [-0.3, -0.25) is 4.68 Å². The van der Waals surface area contributed by atoms with Crippen molar-refractivity contribution in [2.45, 2.75) is 20.0 Å². The largest absolute Gasteiger partial charge is 0.268 e. The van der Waals surface area contributed by atoms with Gasteiger partial charge in [-0.1, -0.05) is 30.3 Å². The molecule has 0 aliphatic rings. The Labute approximate surface area is 110 Å². The lowest BCUT2D eigenvalue weighted by atomic mass is 10.2. The van der Waals surface area contributed by atoms with E-state index in [-0.39, 0.29) is 0 Å². The lowest BCUT2D eigenvalue weighted by Gasteiger charge is -2.00. The smallest absolute Gasteiger partial charge is 0.208 e. The van der Waals surface area contributed by atoms with Crippen LogP contribution in [0.15, 0.2) is 42.7 Å². The van der Waals surface area contributed by atoms with Gasteiger partial charge in [-0.05, 0) is 17.7 Å². The van der Waals surface area contributed by atoms with Crippen LogP contribution in [0.3, 0.4) is 0 Å². The number of hydrogen-bond donors (Lipinski definition) is 0. The van der Waals surface area contributed by atoms with Gasteiger partial charge in [0.25, 0.3) is 0 Å². The average molecular weight is 254 g/mol. The first kappa shape index (κ1) is 11.6. The fraction of sp³-hybridized carbons (Fsp3) is 0.231. The molecule has 6 heteroatoms. The summed E-state index contributed by atoms with van der Waals surface area (Å²) in [4.78, 5) is 1.56. The Morgan fingerprint density at radius 2 is 2.00 bits per heavy atom. The highest BCUT2D eigenvalue weighted by atomic mass is 15.6. The molecule has 0 saturated heterocycles. The molecule has 1 aromatic carbocycles. The van der Waals surface area contributed by atoms with E-state index in [0.717, 1.165) is 12.1 Å². The molecule has 0 spiro atoms. The molecule has 6 nitrogen and oxygen atoms in total. The quantitative estimate of drug-likeness (QED) is 0.709. The zero-order chi connectivity index (χ0) is 13.1. The van der Waals surface area contributed by atoms with Crippen LogP contribution in [0.2, 0.25) is 0 Å². The standard InChI is InChI=1S/C13H14N6/c1-2-19-16-13(15-17-19)12-8-14-18(10-12)9-11-6-4-3-5-7-11/h3-8,10H,2,9H2,1H3. The predicted molar refractivity (Wildman–Crippen MR) is 70.3 cm³/mol. The van der Waals surface area contributed by atoms with E-state index in [1.807, 2.05) is 36.0 Å². The number of tetrazole rings is 1. The van der Waals surface area contributed by atoms with Gasteiger partial charge in [0.2, 0.25) is 5.82 Å². The fourth-order valence-electron chi connectivity index (χ4n) is 1.83. The summed E-state index contributed by atoms with van der Waals surface area (Å²) < 4.78 is 1.87. The predicted octanol–water partition coefficient (Wildman–Crippen LogP) is 1.60. The molecule has 0 amide bonds. The average Bonchev–Trinajstić information content (AvgIpc) is 3.08. The first-order chi connectivity index (χ1) is 9.35. The van der Waals surface area contributed by atoms with Crippen LogP contribution in [0.5, 0.6) is 0 Å². The molecule has 0 aliphatic carbocycles. The van der Waals surface area contributed by atoms with E-state index >= 15 is 0 Å².